The van der Waals surface area contributed by atoms with E-state index >= 15 is 0 Å². The maximum absolute atomic E-state index is 11.0. The van der Waals surface area contributed by atoms with Crippen molar-refractivity contribution in [3.8, 4) is 0 Å². The van der Waals surface area contributed by atoms with Crippen LogP contribution in [0.25, 0.3) is 0 Å². The smallest absolute Gasteiger partial charge is 0.305 e. The molecule has 0 aromatic heterocycles. The van der Waals surface area contributed by atoms with Crippen LogP contribution >= 0.6 is 0 Å². The Balaban J connectivity index is 3.22. The number of hydrogen-bond acceptors (Lipinski definition) is 2. The molecule has 0 rings (SSSR count). The van der Waals surface area contributed by atoms with Gasteiger partial charge in [-0.15, -0.1) is 0 Å². The zero-order valence-corrected chi connectivity index (χ0v) is 20.9. The van der Waals surface area contributed by atoms with Crippen molar-refractivity contribution in [3.63, 3.8) is 0 Å². The fourth-order valence-electron chi connectivity index (χ4n) is 3.64. The van der Waals surface area contributed by atoms with Gasteiger partial charge in [0.15, 0.2) is 0 Å². The molecule has 0 aromatic carbocycles. The normalized spacial score (nSPS) is 11.9. The summed E-state index contributed by atoms with van der Waals surface area (Å²) in [5.74, 6) is -0.109. The van der Waals surface area contributed by atoms with Crippen molar-refractivity contribution in [2.24, 2.45) is 0 Å². The van der Waals surface area contributed by atoms with Crippen LogP contribution in [-0.2, 0) is 9.53 Å². The van der Waals surface area contributed by atoms with E-state index in [9.17, 15) is 4.79 Å². The lowest BCUT2D eigenvalue weighted by molar-refractivity contribution is -0.140. The SMILES string of the molecule is CCCCCCCCC=CCCCCCCCCC=CCCC=CCCCC(=O)OC. The summed E-state index contributed by atoms with van der Waals surface area (Å²) in [4.78, 5) is 11.0. The summed E-state index contributed by atoms with van der Waals surface area (Å²) in [5, 5.41) is 0. The van der Waals surface area contributed by atoms with Crippen molar-refractivity contribution >= 4 is 5.97 Å². The molecule has 0 saturated carbocycles. The van der Waals surface area contributed by atoms with E-state index < -0.39 is 0 Å². The molecular weight excluding hydrogens is 380 g/mol. The van der Waals surface area contributed by atoms with E-state index in [1.54, 1.807) is 0 Å². The first-order chi connectivity index (χ1) is 15.3. The van der Waals surface area contributed by atoms with Crippen LogP contribution in [0.3, 0.4) is 0 Å². The number of carbonyl (C=O) groups excluding carboxylic acids is 1. The van der Waals surface area contributed by atoms with Crippen molar-refractivity contribution in [2.75, 3.05) is 7.11 Å². The number of esters is 1. The molecule has 2 heteroatoms. The molecule has 0 atom stereocenters. The Morgan fingerprint density at radius 1 is 0.516 bits per heavy atom. The van der Waals surface area contributed by atoms with Crippen LogP contribution in [0.4, 0.5) is 0 Å². The van der Waals surface area contributed by atoms with Crippen LogP contribution in [0.2, 0.25) is 0 Å². The van der Waals surface area contributed by atoms with Crippen LogP contribution in [0.15, 0.2) is 36.5 Å². The van der Waals surface area contributed by atoms with E-state index in [1.807, 2.05) is 0 Å². The van der Waals surface area contributed by atoms with Gasteiger partial charge in [-0.2, -0.15) is 0 Å². The van der Waals surface area contributed by atoms with E-state index in [-0.39, 0.29) is 5.97 Å². The molecule has 0 bridgehead atoms. The van der Waals surface area contributed by atoms with Crippen molar-refractivity contribution in [2.45, 2.75) is 135 Å². The first-order valence-corrected chi connectivity index (χ1v) is 13.3. The minimum absolute atomic E-state index is 0.109. The maximum Gasteiger partial charge on any atom is 0.305 e. The zero-order valence-electron chi connectivity index (χ0n) is 20.9. The Morgan fingerprint density at radius 2 is 0.871 bits per heavy atom. The number of methoxy groups -OCH3 is 1. The third-order valence-corrected chi connectivity index (χ3v) is 5.70. The average molecular weight is 433 g/mol. The summed E-state index contributed by atoms with van der Waals surface area (Å²) in [7, 11) is 1.45. The molecule has 0 aliphatic heterocycles. The number of carbonyl (C=O) groups is 1. The molecule has 0 aliphatic carbocycles. The number of rotatable bonds is 23. The van der Waals surface area contributed by atoms with E-state index in [4.69, 9.17) is 0 Å². The lowest BCUT2D eigenvalue weighted by Crippen LogP contribution is -1.98. The molecule has 31 heavy (non-hydrogen) atoms. The van der Waals surface area contributed by atoms with Crippen molar-refractivity contribution in [1.82, 2.24) is 0 Å². The molecule has 0 fully saturated rings. The average Bonchev–Trinajstić information content (AvgIpc) is 2.78. The van der Waals surface area contributed by atoms with Gasteiger partial charge >= 0.3 is 5.97 Å². The molecule has 0 radical (unpaired) electrons. The summed E-state index contributed by atoms with van der Waals surface area (Å²) in [5.41, 5.74) is 0. The van der Waals surface area contributed by atoms with Crippen molar-refractivity contribution in [3.05, 3.63) is 36.5 Å². The highest BCUT2D eigenvalue weighted by Crippen LogP contribution is 2.11. The van der Waals surface area contributed by atoms with Crippen LogP contribution in [0.5, 0.6) is 0 Å². The summed E-state index contributed by atoms with van der Waals surface area (Å²) < 4.78 is 4.63. The summed E-state index contributed by atoms with van der Waals surface area (Å²) >= 11 is 0. The quantitative estimate of drug-likeness (QED) is 0.0912. The lowest BCUT2D eigenvalue weighted by Gasteiger charge is -2.00. The van der Waals surface area contributed by atoms with E-state index in [0.717, 1.165) is 25.7 Å². The fraction of sp³-hybridized carbons (Fsp3) is 0.759. The maximum atomic E-state index is 11.0. The van der Waals surface area contributed by atoms with Crippen molar-refractivity contribution in [1.29, 1.82) is 0 Å². The van der Waals surface area contributed by atoms with Crippen LogP contribution in [0, 0.1) is 0 Å². The van der Waals surface area contributed by atoms with Gasteiger partial charge in [0.25, 0.3) is 0 Å². The number of allylic oxidation sites excluding steroid dienone is 6. The fourth-order valence-corrected chi connectivity index (χ4v) is 3.64. The van der Waals surface area contributed by atoms with Gasteiger partial charge in [0.1, 0.15) is 0 Å². The third kappa shape index (κ3) is 26.7. The molecule has 0 aromatic rings. The second-order valence-corrected chi connectivity index (χ2v) is 8.72. The highest BCUT2D eigenvalue weighted by Gasteiger charge is 1.96. The van der Waals surface area contributed by atoms with Gasteiger partial charge in [-0.05, 0) is 64.2 Å². The Hall–Kier alpha value is -1.31. The predicted octanol–water partition coefficient (Wildman–Crippen LogP) is 9.65. The number of ether oxygens (including phenoxy) is 1. The molecule has 2 nitrogen and oxygen atoms in total. The first-order valence-electron chi connectivity index (χ1n) is 13.3. The highest BCUT2D eigenvalue weighted by molar-refractivity contribution is 5.69. The van der Waals surface area contributed by atoms with Gasteiger partial charge in [-0.1, -0.05) is 101 Å². The summed E-state index contributed by atoms with van der Waals surface area (Å²) in [6.07, 6.45) is 38.9. The Labute approximate surface area is 194 Å². The number of unbranched alkanes of at least 4 members (excludes halogenated alkanes) is 15. The molecule has 0 saturated heterocycles. The minimum atomic E-state index is -0.109. The topological polar surface area (TPSA) is 26.3 Å². The van der Waals surface area contributed by atoms with E-state index in [0.29, 0.717) is 6.42 Å². The van der Waals surface area contributed by atoms with Crippen LogP contribution < -0.4 is 0 Å². The molecule has 0 heterocycles. The van der Waals surface area contributed by atoms with Gasteiger partial charge < -0.3 is 4.74 Å². The minimum Gasteiger partial charge on any atom is -0.469 e. The van der Waals surface area contributed by atoms with Crippen LogP contribution in [-0.4, -0.2) is 13.1 Å². The Morgan fingerprint density at radius 3 is 1.29 bits per heavy atom. The lowest BCUT2D eigenvalue weighted by atomic mass is 10.1. The first kappa shape index (κ1) is 29.7. The third-order valence-electron chi connectivity index (χ3n) is 5.70. The van der Waals surface area contributed by atoms with Gasteiger partial charge in [0.05, 0.1) is 7.11 Å². The Kier molecular flexibility index (Phi) is 25.6. The number of hydrogen-bond donors (Lipinski definition) is 0. The summed E-state index contributed by atoms with van der Waals surface area (Å²) in [6.45, 7) is 2.28. The van der Waals surface area contributed by atoms with Gasteiger partial charge in [0, 0.05) is 6.42 Å². The van der Waals surface area contributed by atoms with Crippen LogP contribution in [0.1, 0.15) is 135 Å². The largest absolute Gasteiger partial charge is 0.469 e. The van der Waals surface area contributed by atoms with E-state index in [1.165, 1.54) is 103 Å². The van der Waals surface area contributed by atoms with Gasteiger partial charge in [0.2, 0.25) is 0 Å². The molecule has 0 spiro atoms. The van der Waals surface area contributed by atoms with Gasteiger partial charge in [-0.3, -0.25) is 4.79 Å². The van der Waals surface area contributed by atoms with Gasteiger partial charge in [-0.25, -0.2) is 0 Å². The molecule has 180 valence electrons. The van der Waals surface area contributed by atoms with Crippen molar-refractivity contribution < 1.29 is 9.53 Å². The standard InChI is InChI=1S/C29H52O2/c1-3-4-5-6-7-8-9-10-11-12-13-14-15-16-17-18-19-20-21-22-23-24-25-26-27-28-29(30)31-2/h10-11,20-21,24-25H,3-9,12-19,22-23,26-28H2,1-2H3. The molecule has 0 N–H and O–H groups in total. The molecule has 0 aliphatic rings. The second kappa shape index (κ2) is 26.7. The zero-order chi connectivity index (χ0) is 22.7. The molecular formula is C29H52O2. The predicted molar refractivity (Wildman–Crippen MR) is 137 cm³/mol. The Bertz CT molecular complexity index is 448. The molecule has 0 amide bonds. The highest BCUT2D eigenvalue weighted by atomic mass is 16.5. The monoisotopic (exact) mass is 432 g/mol. The van der Waals surface area contributed by atoms with E-state index in [2.05, 4.69) is 48.1 Å². The second-order valence-electron chi connectivity index (χ2n) is 8.72. The molecule has 0 unspecified atom stereocenters. The summed E-state index contributed by atoms with van der Waals surface area (Å²) in [6, 6.07) is 0.